The summed E-state index contributed by atoms with van der Waals surface area (Å²) >= 11 is 0. The first-order valence-corrected chi connectivity index (χ1v) is 11.2. The molecule has 2 aromatic carbocycles. The normalized spacial score (nSPS) is 13.0. The van der Waals surface area contributed by atoms with Crippen molar-refractivity contribution in [1.82, 2.24) is 16.0 Å². The average molecular weight is 566 g/mol. The van der Waals surface area contributed by atoms with Gasteiger partial charge in [0.2, 0.25) is 0 Å². The Balaban J connectivity index is 0.00000385. The van der Waals surface area contributed by atoms with Gasteiger partial charge in [-0.05, 0) is 55.5 Å². The van der Waals surface area contributed by atoms with Crippen LogP contribution >= 0.6 is 24.0 Å². The highest BCUT2D eigenvalue weighted by Gasteiger charge is 2.23. The van der Waals surface area contributed by atoms with Crippen LogP contribution in [0.5, 0.6) is 11.5 Å². The molecule has 0 radical (unpaired) electrons. The third kappa shape index (κ3) is 9.49. The monoisotopic (exact) mass is 566 g/mol. The summed E-state index contributed by atoms with van der Waals surface area (Å²) in [6.45, 7) is 6.09. The van der Waals surface area contributed by atoms with Crippen LogP contribution in [0.25, 0.3) is 0 Å². The first-order valence-electron chi connectivity index (χ1n) is 11.2. The Morgan fingerprint density at radius 1 is 1.09 bits per heavy atom. The number of aliphatic imine (C=N–C) groups is 1. The largest absolute Gasteiger partial charge is 0.493 e. The van der Waals surface area contributed by atoms with Crippen LogP contribution in [0.1, 0.15) is 42.9 Å². The van der Waals surface area contributed by atoms with Gasteiger partial charge in [0.1, 0.15) is 11.5 Å². The highest BCUT2D eigenvalue weighted by molar-refractivity contribution is 14.0. The van der Waals surface area contributed by atoms with Crippen molar-refractivity contribution >= 4 is 35.8 Å². The molecule has 0 aromatic heterocycles. The summed E-state index contributed by atoms with van der Waals surface area (Å²) in [6, 6.07) is 14.3. The standard InChI is InChI=1S/C25H34N4O3.HI/c1-4-12-31-23-13-18(2)8-9-20(23)16-28-25(26-3)27-15-19-6-5-7-22(14-19)32-17-24(30)29-21-10-11-21;/h5-9,13-14,21H,4,10-12,15-17H2,1-3H3,(H,29,30)(H2,26,27,28);1H. The third-order valence-corrected chi connectivity index (χ3v) is 5.03. The lowest BCUT2D eigenvalue weighted by Crippen LogP contribution is -2.36. The maximum atomic E-state index is 11.8. The van der Waals surface area contributed by atoms with Gasteiger partial charge >= 0.3 is 0 Å². The summed E-state index contributed by atoms with van der Waals surface area (Å²) in [5.41, 5.74) is 3.30. The van der Waals surface area contributed by atoms with Gasteiger partial charge in [-0.3, -0.25) is 9.79 Å². The molecule has 2 aromatic rings. The number of halogens is 1. The lowest BCUT2D eigenvalue weighted by molar-refractivity contribution is -0.123. The minimum atomic E-state index is -0.0704. The Bertz CT molecular complexity index is 932. The number of hydrogen-bond donors (Lipinski definition) is 3. The molecular formula is C25H35IN4O3. The average Bonchev–Trinajstić information content (AvgIpc) is 3.61. The van der Waals surface area contributed by atoms with E-state index in [1.54, 1.807) is 7.05 Å². The Labute approximate surface area is 213 Å². The van der Waals surface area contributed by atoms with Gasteiger partial charge in [-0.2, -0.15) is 0 Å². The minimum Gasteiger partial charge on any atom is -0.493 e. The number of nitrogens with zero attached hydrogens (tertiary/aromatic N) is 1. The summed E-state index contributed by atoms with van der Waals surface area (Å²) in [4.78, 5) is 16.1. The van der Waals surface area contributed by atoms with Gasteiger partial charge in [-0.15, -0.1) is 24.0 Å². The quantitative estimate of drug-likeness (QED) is 0.218. The zero-order chi connectivity index (χ0) is 22.8. The van der Waals surface area contributed by atoms with E-state index < -0.39 is 0 Å². The van der Waals surface area contributed by atoms with Crippen molar-refractivity contribution in [3.63, 3.8) is 0 Å². The molecule has 8 heteroatoms. The van der Waals surface area contributed by atoms with Gasteiger partial charge in [0.05, 0.1) is 6.61 Å². The van der Waals surface area contributed by atoms with Crippen LogP contribution in [-0.2, 0) is 17.9 Å². The van der Waals surface area contributed by atoms with Crippen LogP contribution < -0.4 is 25.4 Å². The van der Waals surface area contributed by atoms with Crippen LogP contribution in [0, 0.1) is 6.92 Å². The first-order chi connectivity index (χ1) is 15.6. The van der Waals surface area contributed by atoms with Gasteiger partial charge in [0.15, 0.2) is 12.6 Å². The molecular weight excluding hydrogens is 531 g/mol. The molecule has 0 atom stereocenters. The lowest BCUT2D eigenvalue weighted by atomic mass is 10.1. The summed E-state index contributed by atoms with van der Waals surface area (Å²) < 4.78 is 11.5. The maximum Gasteiger partial charge on any atom is 0.258 e. The van der Waals surface area contributed by atoms with E-state index in [0.29, 0.717) is 37.4 Å². The highest BCUT2D eigenvalue weighted by atomic mass is 127. The second-order valence-corrected chi connectivity index (χ2v) is 8.02. The number of carbonyl (C=O) groups is 1. The van der Waals surface area contributed by atoms with Crippen molar-refractivity contribution < 1.29 is 14.3 Å². The Morgan fingerprint density at radius 2 is 1.88 bits per heavy atom. The lowest BCUT2D eigenvalue weighted by Gasteiger charge is -2.15. The zero-order valence-electron chi connectivity index (χ0n) is 19.6. The molecule has 1 saturated carbocycles. The van der Waals surface area contributed by atoms with Gasteiger partial charge < -0.3 is 25.4 Å². The van der Waals surface area contributed by atoms with E-state index in [1.807, 2.05) is 24.3 Å². The molecule has 0 heterocycles. The van der Waals surface area contributed by atoms with Crippen molar-refractivity contribution in [2.24, 2.45) is 4.99 Å². The summed E-state index contributed by atoms with van der Waals surface area (Å²) in [7, 11) is 1.75. The van der Waals surface area contributed by atoms with Crippen molar-refractivity contribution in [2.75, 3.05) is 20.3 Å². The molecule has 1 amide bonds. The molecule has 0 spiro atoms. The van der Waals surface area contributed by atoms with E-state index in [4.69, 9.17) is 9.47 Å². The fraction of sp³-hybridized carbons (Fsp3) is 0.440. The van der Waals surface area contributed by atoms with E-state index in [9.17, 15) is 4.79 Å². The van der Waals surface area contributed by atoms with Crippen molar-refractivity contribution in [1.29, 1.82) is 0 Å². The predicted octanol–water partition coefficient (Wildman–Crippen LogP) is 3.92. The summed E-state index contributed by atoms with van der Waals surface area (Å²) in [5.74, 6) is 2.21. The van der Waals surface area contributed by atoms with Gasteiger partial charge in [0, 0.05) is 31.7 Å². The molecule has 180 valence electrons. The number of nitrogens with one attached hydrogen (secondary N) is 3. The molecule has 7 nitrogen and oxygen atoms in total. The minimum absolute atomic E-state index is 0. The van der Waals surface area contributed by atoms with Crippen LogP contribution in [0.4, 0.5) is 0 Å². The Morgan fingerprint density at radius 3 is 2.61 bits per heavy atom. The van der Waals surface area contributed by atoms with Crippen LogP contribution in [-0.4, -0.2) is 38.2 Å². The smallest absolute Gasteiger partial charge is 0.258 e. The van der Waals surface area contributed by atoms with Crippen LogP contribution in [0.2, 0.25) is 0 Å². The maximum absolute atomic E-state index is 11.8. The third-order valence-electron chi connectivity index (χ3n) is 5.03. The molecule has 3 N–H and O–H groups in total. The number of guanidine groups is 1. The first kappa shape index (κ1) is 26.8. The van der Waals surface area contributed by atoms with E-state index in [0.717, 1.165) is 36.1 Å². The fourth-order valence-electron chi connectivity index (χ4n) is 3.13. The summed E-state index contributed by atoms with van der Waals surface area (Å²) in [6.07, 6.45) is 3.11. The second kappa shape index (κ2) is 13.9. The number of ether oxygens (including phenoxy) is 2. The predicted molar refractivity (Wildman–Crippen MR) is 143 cm³/mol. The topological polar surface area (TPSA) is 84.0 Å². The molecule has 0 bridgehead atoms. The van der Waals surface area contributed by atoms with Gasteiger partial charge in [-0.25, -0.2) is 0 Å². The number of benzene rings is 2. The molecule has 33 heavy (non-hydrogen) atoms. The Kier molecular flexibility index (Phi) is 11.3. The highest BCUT2D eigenvalue weighted by Crippen LogP contribution is 2.21. The molecule has 3 rings (SSSR count). The van der Waals surface area contributed by atoms with Crippen LogP contribution in [0.3, 0.4) is 0 Å². The van der Waals surface area contributed by atoms with Crippen molar-refractivity contribution in [3.8, 4) is 11.5 Å². The number of rotatable bonds is 11. The molecule has 0 aliphatic heterocycles. The fourth-order valence-corrected chi connectivity index (χ4v) is 3.13. The van der Waals surface area contributed by atoms with Crippen LogP contribution in [0.15, 0.2) is 47.5 Å². The molecule has 0 unspecified atom stereocenters. The number of carbonyl (C=O) groups excluding carboxylic acids is 1. The van der Waals surface area contributed by atoms with E-state index in [2.05, 4.69) is 53.0 Å². The number of hydrogen-bond acceptors (Lipinski definition) is 4. The van der Waals surface area contributed by atoms with E-state index in [-0.39, 0.29) is 36.5 Å². The molecule has 1 aliphatic rings. The Hall–Kier alpha value is -2.49. The summed E-state index contributed by atoms with van der Waals surface area (Å²) in [5, 5.41) is 9.59. The molecule has 0 saturated heterocycles. The van der Waals surface area contributed by atoms with Gasteiger partial charge in [0.25, 0.3) is 5.91 Å². The second-order valence-electron chi connectivity index (χ2n) is 8.02. The SMILES string of the molecule is CCCOc1cc(C)ccc1CNC(=NC)NCc1cccc(OCC(=O)NC2CC2)c1.I. The molecule has 1 aliphatic carbocycles. The number of aryl methyl sites for hydroxylation is 1. The van der Waals surface area contributed by atoms with Crippen molar-refractivity contribution in [3.05, 3.63) is 59.2 Å². The van der Waals surface area contributed by atoms with E-state index >= 15 is 0 Å². The zero-order valence-corrected chi connectivity index (χ0v) is 22.0. The van der Waals surface area contributed by atoms with E-state index in [1.165, 1.54) is 5.56 Å². The van der Waals surface area contributed by atoms with Gasteiger partial charge in [-0.1, -0.05) is 31.2 Å². The number of amides is 1. The molecule has 1 fully saturated rings. The van der Waals surface area contributed by atoms with Crippen molar-refractivity contribution in [2.45, 2.75) is 52.2 Å².